The number of anilines is 1. The number of nitrogens with one attached hydrogen (secondary N) is 1. The van der Waals surface area contributed by atoms with Gasteiger partial charge in [0.05, 0.1) is 13.2 Å². The summed E-state index contributed by atoms with van der Waals surface area (Å²) in [6.07, 6.45) is 4.50. The minimum atomic E-state index is -0.0329. The van der Waals surface area contributed by atoms with E-state index < -0.39 is 0 Å². The van der Waals surface area contributed by atoms with Gasteiger partial charge in [-0.25, -0.2) is 4.79 Å². The van der Waals surface area contributed by atoms with Crippen LogP contribution in [0.2, 0.25) is 0 Å². The largest absolute Gasteiger partial charge is 0.497 e. The Labute approximate surface area is 160 Å². The van der Waals surface area contributed by atoms with E-state index in [-0.39, 0.29) is 12.1 Å². The lowest BCUT2D eigenvalue weighted by molar-refractivity contribution is 0.182. The smallest absolute Gasteiger partial charge is 0.317 e. The first kappa shape index (κ1) is 18.9. The van der Waals surface area contributed by atoms with Crippen molar-refractivity contribution in [3.05, 3.63) is 48.2 Å². The number of methoxy groups -OCH3 is 1. The Hall–Kier alpha value is -2.83. The molecule has 0 bridgehead atoms. The minimum Gasteiger partial charge on any atom is -0.497 e. The summed E-state index contributed by atoms with van der Waals surface area (Å²) in [5.41, 5.74) is 1.17. The maximum Gasteiger partial charge on any atom is 0.317 e. The average molecular weight is 369 g/mol. The van der Waals surface area contributed by atoms with E-state index >= 15 is 0 Å². The topological polar surface area (TPSA) is 70.6 Å². The Morgan fingerprint density at radius 1 is 1.33 bits per heavy atom. The number of hydrogen-bond acceptors (Lipinski definition) is 5. The molecule has 1 aliphatic heterocycles. The molecule has 1 saturated heterocycles. The summed E-state index contributed by atoms with van der Waals surface area (Å²) in [4.78, 5) is 16.5. The summed E-state index contributed by atoms with van der Waals surface area (Å²) in [5.74, 6) is 1.71. The van der Waals surface area contributed by atoms with Crippen molar-refractivity contribution < 1.29 is 9.53 Å². The minimum absolute atomic E-state index is 0.0329. The SMILES string of the molecule is COc1ccc(CCNC(=O)N(C)C2CCCN(c3cccnn3)C2)cc1. The number of carbonyl (C=O) groups is 1. The van der Waals surface area contributed by atoms with E-state index in [1.165, 1.54) is 5.56 Å². The van der Waals surface area contributed by atoms with Gasteiger partial charge in [-0.1, -0.05) is 12.1 Å². The van der Waals surface area contributed by atoms with Gasteiger partial charge in [0.2, 0.25) is 0 Å². The van der Waals surface area contributed by atoms with Crippen molar-refractivity contribution in [3.8, 4) is 5.75 Å². The summed E-state index contributed by atoms with van der Waals surface area (Å²) in [5, 5.41) is 11.2. The van der Waals surface area contributed by atoms with Crippen LogP contribution in [0.3, 0.4) is 0 Å². The summed E-state index contributed by atoms with van der Waals surface area (Å²) in [6.45, 7) is 2.33. The number of ether oxygens (including phenoxy) is 1. The standard InChI is InChI=1S/C20H27N5O2/c1-24(17-5-4-14-25(15-17)19-6-3-12-22-23-19)20(26)21-13-11-16-7-9-18(27-2)10-8-16/h3,6-10,12,17H,4-5,11,13-15H2,1-2H3,(H,21,26). The third kappa shape index (κ3) is 5.09. The molecule has 2 heterocycles. The molecule has 1 unspecified atom stereocenters. The molecule has 1 aromatic carbocycles. The van der Waals surface area contributed by atoms with Gasteiger partial charge in [0.1, 0.15) is 5.75 Å². The van der Waals surface area contributed by atoms with Crippen molar-refractivity contribution in [1.29, 1.82) is 0 Å². The molecule has 7 heteroatoms. The highest BCUT2D eigenvalue weighted by atomic mass is 16.5. The Morgan fingerprint density at radius 3 is 2.85 bits per heavy atom. The molecule has 2 aromatic rings. The second-order valence-electron chi connectivity index (χ2n) is 6.76. The van der Waals surface area contributed by atoms with Crippen LogP contribution in [0.1, 0.15) is 18.4 Å². The molecule has 1 N–H and O–H groups in total. The Morgan fingerprint density at radius 2 is 2.15 bits per heavy atom. The number of likely N-dealkylation sites (N-methyl/N-ethyl adjacent to an activating group) is 1. The molecule has 1 aromatic heterocycles. The predicted octanol–water partition coefficient (Wildman–Crippen LogP) is 2.34. The van der Waals surface area contributed by atoms with Gasteiger partial charge >= 0.3 is 6.03 Å². The van der Waals surface area contributed by atoms with Crippen molar-refractivity contribution in [2.24, 2.45) is 0 Å². The van der Waals surface area contributed by atoms with Gasteiger partial charge in [-0.15, -0.1) is 5.10 Å². The van der Waals surface area contributed by atoms with Crippen LogP contribution in [0, 0.1) is 0 Å². The van der Waals surface area contributed by atoms with Crippen LogP contribution in [-0.2, 0) is 6.42 Å². The van der Waals surface area contributed by atoms with Gasteiger partial charge in [-0.3, -0.25) is 0 Å². The summed E-state index contributed by atoms with van der Waals surface area (Å²) < 4.78 is 5.16. The average Bonchev–Trinajstić information content (AvgIpc) is 2.74. The van der Waals surface area contributed by atoms with E-state index in [4.69, 9.17) is 4.74 Å². The molecule has 0 aliphatic carbocycles. The van der Waals surface area contributed by atoms with Gasteiger partial charge in [0.25, 0.3) is 0 Å². The highest BCUT2D eigenvalue weighted by Gasteiger charge is 2.26. The fraction of sp³-hybridized carbons (Fsp3) is 0.450. The fourth-order valence-electron chi connectivity index (χ4n) is 3.34. The zero-order valence-electron chi connectivity index (χ0n) is 16.0. The Kier molecular flexibility index (Phi) is 6.46. The second kappa shape index (κ2) is 9.21. The van der Waals surface area contributed by atoms with E-state index in [9.17, 15) is 4.79 Å². The number of nitrogens with zero attached hydrogens (tertiary/aromatic N) is 4. The third-order valence-electron chi connectivity index (χ3n) is 5.00. The molecule has 3 rings (SSSR count). The molecule has 7 nitrogen and oxygen atoms in total. The van der Waals surface area contributed by atoms with Crippen LogP contribution in [0.4, 0.5) is 10.6 Å². The summed E-state index contributed by atoms with van der Waals surface area (Å²) in [6, 6.07) is 11.9. The summed E-state index contributed by atoms with van der Waals surface area (Å²) in [7, 11) is 3.52. The lowest BCUT2D eigenvalue weighted by Crippen LogP contribution is -2.51. The molecular weight excluding hydrogens is 342 g/mol. The predicted molar refractivity (Wildman–Crippen MR) is 105 cm³/mol. The number of amides is 2. The molecule has 0 spiro atoms. The Balaban J connectivity index is 1.47. The fourth-order valence-corrected chi connectivity index (χ4v) is 3.34. The van der Waals surface area contributed by atoms with Gasteiger partial charge in [0.15, 0.2) is 5.82 Å². The molecule has 27 heavy (non-hydrogen) atoms. The van der Waals surface area contributed by atoms with Gasteiger partial charge in [0, 0.05) is 32.9 Å². The van der Waals surface area contributed by atoms with Crippen molar-refractivity contribution in [3.63, 3.8) is 0 Å². The summed E-state index contributed by atoms with van der Waals surface area (Å²) >= 11 is 0. The maximum atomic E-state index is 12.5. The van der Waals surface area contributed by atoms with E-state index in [1.54, 1.807) is 13.3 Å². The maximum absolute atomic E-state index is 12.5. The molecule has 1 aliphatic rings. The van der Waals surface area contributed by atoms with Crippen LogP contribution in [0.15, 0.2) is 42.6 Å². The zero-order valence-corrected chi connectivity index (χ0v) is 16.0. The molecule has 0 saturated carbocycles. The number of hydrogen-bond donors (Lipinski definition) is 1. The molecule has 1 atom stereocenters. The van der Waals surface area contributed by atoms with Crippen molar-refractivity contribution in [1.82, 2.24) is 20.4 Å². The first-order valence-corrected chi connectivity index (χ1v) is 9.33. The van der Waals surface area contributed by atoms with Crippen molar-refractivity contribution in [2.75, 3.05) is 38.7 Å². The quantitative estimate of drug-likeness (QED) is 0.846. The first-order chi connectivity index (χ1) is 13.2. The highest BCUT2D eigenvalue weighted by Crippen LogP contribution is 2.19. The van der Waals surface area contributed by atoms with E-state index in [1.807, 2.05) is 48.3 Å². The number of piperidine rings is 1. The zero-order chi connectivity index (χ0) is 19.1. The van der Waals surface area contributed by atoms with Crippen molar-refractivity contribution >= 4 is 11.8 Å². The first-order valence-electron chi connectivity index (χ1n) is 9.33. The number of carbonyl (C=O) groups excluding carboxylic acids is 1. The van der Waals surface area contributed by atoms with Gasteiger partial charge in [-0.2, -0.15) is 5.10 Å². The highest BCUT2D eigenvalue weighted by molar-refractivity contribution is 5.74. The number of rotatable bonds is 6. The van der Waals surface area contributed by atoms with Crippen LogP contribution in [0.25, 0.3) is 0 Å². The molecule has 2 amide bonds. The van der Waals surface area contributed by atoms with E-state index in [0.29, 0.717) is 6.54 Å². The number of aromatic nitrogens is 2. The lowest BCUT2D eigenvalue weighted by Gasteiger charge is -2.37. The molecule has 0 radical (unpaired) electrons. The second-order valence-corrected chi connectivity index (χ2v) is 6.76. The monoisotopic (exact) mass is 369 g/mol. The molecule has 144 valence electrons. The van der Waals surface area contributed by atoms with Crippen molar-refractivity contribution in [2.45, 2.75) is 25.3 Å². The van der Waals surface area contributed by atoms with Crippen LogP contribution >= 0.6 is 0 Å². The van der Waals surface area contributed by atoms with E-state index in [0.717, 1.165) is 43.9 Å². The lowest BCUT2D eigenvalue weighted by atomic mass is 10.0. The Bertz CT molecular complexity index is 723. The molecule has 1 fully saturated rings. The van der Waals surface area contributed by atoms with Gasteiger partial charge < -0.3 is 19.9 Å². The normalized spacial score (nSPS) is 16.7. The van der Waals surface area contributed by atoms with Crippen LogP contribution in [-0.4, -0.2) is 61.0 Å². The van der Waals surface area contributed by atoms with Crippen LogP contribution in [0.5, 0.6) is 5.75 Å². The number of benzene rings is 1. The molecular formula is C20H27N5O2. The van der Waals surface area contributed by atoms with Crippen LogP contribution < -0.4 is 15.0 Å². The van der Waals surface area contributed by atoms with E-state index in [2.05, 4.69) is 20.4 Å². The van der Waals surface area contributed by atoms with Gasteiger partial charge in [-0.05, 0) is 49.1 Å². The third-order valence-corrected chi connectivity index (χ3v) is 5.00. The number of urea groups is 1.